The summed E-state index contributed by atoms with van der Waals surface area (Å²) in [5.74, 6) is -0.427. The molecule has 4 heteroatoms. The number of hydrogen-bond donors (Lipinski definition) is 1. The van der Waals surface area contributed by atoms with Crippen molar-refractivity contribution in [3.8, 4) is 0 Å². The minimum Gasteiger partial charge on any atom is -0.465 e. The van der Waals surface area contributed by atoms with Gasteiger partial charge in [0.2, 0.25) is 0 Å². The van der Waals surface area contributed by atoms with Crippen molar-refractivity contribution in [2.24, 2.45) is 5.73 Å². The number of carbonyl (C=O) groups excluding carboxylic acids is 1. The van der Waals surface area contributed by atoms with E-state index in [1.807, 2.05) is 0 Å². The van der Waals surface area contributed by atoms with Crippen LogP contribution in [0.4, 0.5) is 0 Å². The predicted octanol–water partition coefficient (Wildman–Crippen LogP) is 1.11. The van der Waals surface area contributed by atoms with Gasteiger partial charge in [0.05, 0.1) is 12.7 Å². The Hall–Kier alpha value is -1.42. The first kappa shape index (κ1) is 9.67. The summed E-state index contributed by atoms with van der Waals surface area (Å²) in [5.41, 5.74) is 6.38. The van der Waals surface area contributed by atoms with Crippen molar-refractivity contribution in [2.45, 2.75) is 0 Å². The van der Waals surface area contributed by atoms with E-state index in [1.165, 1.54) is 7.11 Å². The van der Waals surface area contributed by atoms with Crippen LogP contribution in [-0.2, 0) is 4.74 Å². The molecule has 0 saturated carbocycles. The third-order valence-corrected chi connectivity index (χ3v) is 1.82. The van der Waals surface area contributed by atoms with Gasteiger partial charge in [-0.25, -0.2) is 4.79 Å². The topological polar surface area (TPSA) is 52.3 Å². The molecular weight excluding hydrogens is 186 g/mol. The number of methoxy groups -OCH3 is 1. The van der Waals surface area contributed by atoms with Crippen LogP contribution in [0.15, 0.2) is 24.3 Å². The number of hydrogen-bond acceptors (Lipinski definition) is 3. The maximum Gasteiger partial charge on any atom is 0.338 e. The lowest BCUT2D eigenvalue weighted by atomic mass is 10.1. The average molecular weight is 195 g/mol. The monoisotopic (exact) mass is 195 g/mol. The van der Waals surface area contributed by atoms with Crippen LogP contribution >= 0.6 is 12.2 Å². The van der Waals surface area contributed by atoms with Crippen molar-refractivity contribution >= 4 is 23.2 Å². The van der Waals surface area contributed by atoms with E-state index in [2.05, 4.69) is 4.74 Å². The van der Waals surface area contributed by atoms with Gasteiger partial charge in [0.1, 0.15) is 4.99 Å². The van der Waals surface area contributed by atoms with E-state index >= 15 is 0 Å². The smallest absolute Gasteiger partial charge is 0.338 e. The number of carbonyl (C=O) groups is 1. The van der Waals surface area contributed by atoms with Crippen LogP contribution in [0.3, 0.4) is 0 Å². The van der Waals surface area contributed by atoms with Gasteiger partial charge in [-0.3, -0.25) is 0 Å². The number of esters is 1. The highest BCUT2D eigenvalue weighted by Gasteiger charge is 2.11. The molecule has 1 aromatic carbocycles. The number of ether oxygens (including phenoxy) is 1. The molecule has 0 bridgehead atoms. The molecule has 0 heterocycles. The van der Waals surface area contributed by atoms with Crippen LogP contribution in [0.5, 0.6) is 0 Å². The lowest BCUT2D eigenvalue weighted by Crippen LogP contribution is -2.15. The van der Waals surface area contributed by atoms with E-state index < -0.39 is 5.97 Å². The number of rotatable bonds is 2. The summed E-state index contributed by atoms with van der Waals surface area (Å²) in [6, 6.07) is 6.81. The van der Waals surface area contributed by atoms with Gasteiger partial charge in [-0.1, -0.05) is 30.4 Å². The second-order valence-corrected chi connectivity index (χ2v) is 2.84. The maximum absolute atomic E-state index is 11.2. The van der Waals surface area contributed by atoms with Crippen molar-refractivity contribution in [3.05, 3.63) is 35.4 Å². The lowest BCUT2D eigenvalue weighted by Gasteiger charge is -2.04. The van der Waals surface area contributed by atoms with E-state index in [4.69, 9.17) is 18.0 Å². The third-order valence-electron chi connectivity index (χ3n) is 1.60. The Kier molecular flexibility index (Phi) is 2.97. The van der Waals surface area contributed by atoms with Gasteiger partial charge in [-0.2, -0.15) is 0 Å². The van der Waals surface area contributed by atoms with Crippen LogP contribution in [0.25, 0.3) is 0 Å². The second kappa shape index (κ2) is 4.00. The lowest BCUT2D eigenvalue weighted by molar-refractivity contribution is 0.0600. The zero-order chi connectivity index (χ0) is 9.84. The van der Waals surface area contributed by atoms with Gasteiger partial charge < -0.3 is 10.5 Å². The average Bonchev–Trinajstić information content (AvgIpc) is 2.16. The van der Waals surface area contributed by atoms with Crippen LogP contribution in [0.2, 0.25) is 0 Å². The third kappa shape index (κ3) is 2.03. The highest BCUT2D eigenvalue weighted by Crippen LogP contribution is 2.09. The molecule has 1 rings (SSSR count). The Morgan fingerprint density at radius 1 is 1.38 bits per heavy atom. The summed E-state index contributed by atoms with van der Waals surface area (Å²) in [6.45, 7) is 0. The van der Waals surface area contributed by atoms with Crippen LogP contribution in [0, 0.1) is 0 Å². The molecule has 0 radical (unpaired) electrons. The quantitative estimate of drug-likeness (QED) is 0.567. The van der Waals surface area contributed by atoms with Crippen molar-refractivity contribution in [3.63, 3.8) is 0 Å². The summed E-state index contributed by atoms with van der Waals surface area (Å²) in [5, 5.41) is 0. The second-order valence-electron chi connectivity index (χ2n) is 2.40. The zero-order valence-electron chi connectivity index (χ0n) is 7.11. The Morgan fingerprint density at radius 3 is 2.38 bits per heavy atom. The van der Waals surface area contributed by atoms with Gasteiger partial charge in [-0.05, 0) is 6.07 Å². The van der Waals surface area contributed by atoms with Crippen LogP contribution < -0.4 is 5.73 Å². The van der Waals surface area contributed by atoms with Gasteiger partial charge in [0.25, 0.3) is 0 Å². The van der Waals surface area contributed by atoms with Crippen molar-refractivity contribution in [1.29, 1.82) is 0 Å². The standard InChI is InChI=1S/C9H9NO2S/c1-12-9(11)7-5-3-2-4-6(7)8(10)13/h2-5H,1H3,(H2,10,13). The molecule has 2 N–H and O–H groups in total. The minimum absolute atomic E-state index is 0.195. The molecule has 0 aliphatic rings. The van der Waals surface area contributed by atoms with Gasteiger partial charge >= 0.3 is 5.97 Å². The molecule has 0 atom stereocenters. The maximum atomic E-state index is 11.2. The summed E-state index contributed by atoms with van der Waals surface area (Å²) < 4.78 is 4.57. The van der Waals surface area contributed by atoms with E-state index in [-0.39, 0.29) is 4.99 Å². The fraction of sp³-hybridized carbons (Fsp3) is 0.111. The van der Waals surface area contributed by atoms with Crippen LogP contribution in [0.1, 0.15) is 15.9 Å². The first-order valence-corrected chi connectivity index (χ1v) is 4.04. The van der Waals surface area contributed by atoms with E-state index in [0.29, 0.717) is 11.1 Å². The predicted molar refractivity (Wildman–Crippen MR) is 53.7 cm³/mol. The summed E-state index contributed by atoms with van der Waals surface area (Å²) in [7, 11) is 1.32. The van der Waals surface area contributed by atoms with E-state index in [0.717, 1.165) is 0 Å². The Balaban J connectivity index is 3.19. The molecule has 0 amide bonds. The molecule has 0 saturated heterocycles. The summed E-state index contributed by atoms with van der Waals surface area (Å²) in [6.07, 6.45) is 0. The van der Waals surface area contributed by atoms with Crippen LogP contribution in [-0.4, -0.2) is 18.1 Å². The van der Waals surface area contributed by atoms with E-state index in [1.54, 1.807) is 24.3 Å². The van der Waals surface area contributed by atoms with Gasteiger partial charge in [0.15, 0.2) is 0 Å². The first-order chi connectivity index (χ1) is 6.16. The number of nitrogens with two attached hydrogens (primary N) is 1. The molecular formula is C9H9NO2S. The Bertz CT molecular complexity index is 349. The molecule has 0 spiro atoms. The molecule has 0 unspecified atom stereocenters. The van der Waals surface area contributed by atoms with Crippen molar-refractivity contribution in [1.82, 2.24) is 0 Å². The zero-order valence-corrected chi connectivity index (χ0v) is 7.93. The summed E-state index contributed by atoms with van der Waals surface area (Å²) >= 11 is 4.79. The molecule has 3 nitrogen and oxygen atoms in total. The normalized spacial score (nSPS) is 9.31. The van der Waals surface area contributed by atoms with E-state index in [9.17, 15) is 4.79 Å². The molecule has 68 valence electrons. The fourth-order valence-electron chi connectivity index (χ4n) is 0.986. The summed E-state index contributed by atoms with van der Waals surface area (Å²) in [4.78, 5) is 11.4. The molecule has 0 aliphatic carbocycles. The van der Waals surface area contributed by atoms with Gasteiger partial charge in [0, 0.05) is 5.56 Å². The molecule has 13 heavy (non-hydrogen) atoms. The largest absolute Gasteiger partial charge is 0.465 e. The number of thiocarbonyl (C=S) groups is 1. The first-order valence-electron chi connectivity index (χ1n) is 3.64. The highest BCUT2D eigenvalue weighted by atomic mass is 32.1. The Morgan fingerprint density at radius 2 is 1.92 bits per heavy atom. The molecule has 0 aliphatic heterocycles. The minimum atomic E-state index is -0.427. The van der Waals surface area contributed by atoms with Crippen molar-refractivity contribution < 1.29 is 9.53 Å². The molecule has 0 aromatic heterocycles. The Labute approximate surface area is 81.5 Å². The highest BCUT2D eigenvalue weighted by molar-refractivity contribution is 7.80. The number of benzene rings is 1. The molecule has 1 aromatic rings. The SMILES string of the molecule is COC(=O)c1ccccc1C(N)=S. The molecule has 0 fully saturated rings. The van der Waals surface area contributed by atoms with Gasteiger partial charge in [-0.15, -0.1) is 0 Å². The fourth-order valence-corrected chi connectivity index (χ4v) is 1.16. The van der Waals surface area contributed by atoms with Crippen molar-refractivity contribution in [2.75, 3.05) is 7.11 Å².